The molecule has 4 nitrogen and oxygen atoms in total. The zero-order valence-corrected chi connectivity index (χ0v) is 12.1. The lowest BCUT2D eigenvalue weighted by Crippen LogP contribution is -2.26. The molecular formula is C17H14FN3O. The zero-order chi connectivity index (χ0) is 15.7. The number of halogens is 1. The highest BCUT2D eigenvalue weighted by atomic mass is 19.1. The van der Waals surface area contributed by atoms with Crippen LogP contribution in [0.5, 0.6) is 0 Å². The summed E-state index contributed by atoms with van der Waals surface area (Å²) in [6.07, 6.45) is 1.98. The van der Waals surface area contributed by atoms with E-state index in [-0.39, 0.29) is 23.5 Å². The number of nitrogens with zero attached hydrogens (tertiary/aromatic N) is 2. The number of hydrogen-bond acceptors (Lipinski definition) is 3. The Morgan fingerprint density at radius 3 is 2.64 bits per heavy atom. The lowest BCUT2D eigenvalue weighted by atomic mass is 9.98. The van der Waals surface area contributed by atoms with Gasteiger partial charge in [-0.1, -0.05) is 12.1 Å². The van der Waals surface area contributed by atoms with Gasteiger partial charge in [0.2, 0.25) is 0 Å². The Bertz CT molecular complexity index is 774. The fraction of sp³-hybridized carbons (Fsp3) is 0.235. The van der Waals surface area contributed by atoms with Crippen LogP contribution in [0.15, 0.2) is 30.3 Å². The largest absolute Gasteiger partial charge is 0.348 e. The number of carbonyl (C=O) groups is 1. The summed E-state index contributed by atoms with van der Waals surface area (Å²) < 4.78 is 13.1. The van der Waals surface area contributed by atoms with Gasteiger partial charge in [-0.15, -0.1) is 0 Å². The van der Waals surface area contributed by atoms with E-state index in [1.165, 1.54) is 12.1 Å². The van der Waals surface area contributed by atoms with Crippen molar-refractivity contribution in [1.29, 1.82) is 5.26 Å². The van der Waals surface area contributed by atoms with Crippen LogP contribution in [0.25, 0.3) is 11.1 Å². The van der Waals surface area contributed by atoms with Gasteiger partial charge in [0.25, 0.3) is 5.91 Å². The van der Waals surface area contributed by atoms with Gasteiger partial charge >= 0.3 is 0 Å². The number of rotatable bonds is 3. The number of nitrogens with one attached hydrogen (secondary N) is 1. The Balaban J connectivity index is 2.06. The second kappa shape index (κ2) is 5.57. The number of aryl methyl sites for hydroxylation is 1. The molecule has 0 aliphatic heterocycles. The molecule has 22 heavy (non-hydrogen) atoms. The van der Waals surface area contributed by atoms with Crippen molar-refractivity contribution in [3.63, 3.8) is 0 Å². The SMILES string of the molecule is Cc1nc(C(=O)NC2CC2)cc(-c2ccc(F)cc2)c1C#N. The zero-order valence-electron chi connectivity index (χ0n) is 12.1. The first-order valence-corrected chi connectivity index (χ1v) is 7.07. The van der Waals surface area contributed by atoms with Crippen molar-refractivity contribution in [3.05, 3.63) is 53.1 Å². The van der Waals surface area contributed by atoms with Gasteiger partial charge in [0.05, 0.1) is 11.3 Å². The van der Waals surface area contributed by atoms with E-state index in [9.17, 15) is 14.4 Å². The molecule has 2 aromatic rings. The number of hydrogen-bond donors (Lipinski definition) is 1. The number of aromatic nitrogens is 1. The molecular weight excluding hydrogens is 281 g/mol. The van der Waals surface area contributed by atoms with E-state index in [4.69, 9.17) is 0 Å². The fourth-order valence-electron chi connectivity index (χ4n) is 2.27. The molecule has 1 amide bonds. The average molecular weight is 295 g/mol. The van der Waals surface area contributed by atoms with Crippen LogP contribution in [-0.4, -0.2) is 16.9 Å². The third kappa shape index (κ3) is 2.82. The standard InChI is InChI=1S/C17H14FN3O/c1-10-15(9-19)14(11-2-4-12(18)5-3-11)8-16(20-10)17(22)21-13-6-7-13/h2-5,8,13H,6-7H2,1H3,(H,21,22). The van der Waals surface area contributed by atoms with Gasteiger partial charge in [-0.3, -0.25) is 4.79 Å². The van der Waals surface area contributed by atoms with E-state index < -0.39 is 0 Å². The first-order valence-electron chi connectivity index (χ1n) is 7.07. The molecule has 1 aliphatic rings. The summed E-state index contributed by atoms with van der Waals surface area (Å²) in [5.74, 6) is -0.585. The smallest absolute Gasteiger partial charge is 0.270 e. The summed E-state index contributed by atoms with van der Waals surface area (Å²) in [5, 5.41) is 12.2. The maximum atomic E-state index is 13.1. The van der Waals surface area contributed by atoms with Crippen molar-refractivity contribution in [2.75, 3.05) is 0 Å². The van der Waals surface area contributed by atoms with Gasteiger partial charge < -0.3 is 5.32 Å². The quantitative estimate of drug-likeness (QED) is 0.946. The molecule has 0 spiro atoms. The number of carbonyl (C=O) groups excluding carboxylic acids is 1. The van der Waals surface area contributed by atoms with Gasteiger partial charge in [0.1, 0.15) is 17.6 Å². The monoisotopic (exact) mass is 295 g/mol. The Hall–Kier alpha value is -2.74. The minimum Gasteiger partial charge on any atom is -0.348 e. The highest BCUT2D eigenvalue weighted by molar-refractivity contribution is 5.94. The third-order valence-electron chi connectivity index (χ3n) is 3.61. The molecule has 110 valence electrons. The Morgan fingerprint density at radius 1 is 1.36 bits per heavy atom. The minimum atomic E-state index is -0.347. The second-order valence-electron chi connectivity index (χ2n) is 5.38. The molecule has 1 saturated carbocycles. The van der Waals surface area contributed by atoms with E-state index in [0.29, 0.717) is 22.4 Å². The Labute approximate surface area is 127 Å². The maximum absolute atomic E-state index is 13.1. The van der Waals surface area contributed by atoms with Gasteiger partial charge in [-0.25, -0.2) is 9.37 Å². The van der Waals surface area contributed by atoms with Crippen molar-refractivity contribution in [3.8, 4) is 17.2 Å². The molecule has 0 bridgehead atoms. The second-order valence-corrected chi connectivity index (χ2v) is 5.38. The van der Waals surface area contributed by atoms with E-state index >= 15 is 0 Å². The van der Waals surface area contributed by atoms with Gasteiger partial charge in [-0.2, -0.15) is 5.26 Å². The lowest BCUT2D eigenvalue weighted by Gasteiger charge is -2.10. The van der Waals surface area contributed by atoms with Crippen LogP contribution in [0.2, 0.25) is 0 Å². The maximum Gasteiger partial charge on any atom is 0.270 e. The average Bonchev–Trinajstić information content (AvgIpc) is 3.31. The summed E-state index contributed by atoms with van der Waals surface area (Å²) in [5.41, 5.74) is 2.45. The van der Waals surface area contributed by atoms with Crippen LogP contribution in [0.1, 0.15) is 34.6 Å². The minimum absolute atomic E-state index is 0.236. The van der Waals surface area contributed by atoms with Crippen LogP contribution in [0, 0.1) is 24.1 Å². The number of nitriles is 1. The molecule has 1 aromatic heterocycles. The van der Waals surface area contributed by atoms with Crippen molar-refractivity contribution >= 4 is 5.91 Å². The molecule has 1 aliphatic carbocycles. The van der Waals surface area contributed by atoms with Crippen molar-refractivity contribution < 1.29 is 9.18 Å². The molecule has 0 saturated heterocycles. The van der Waals surface area contributed by atoms with Crippen LogP contribution in [-0.2, 0) is 0 Å². The molecule has 1 aromatic carbocycles. The van der Waals surface area contributed by atoms with Crippen LogP contribution in [0.3, 0.4) is 0 Å². The highest BCUT2D eigenvalue weighted by Gasteiger charge is 2.25. The Morgan fingerprint density at radius 2 is 2.05 bits per heavy atom. The van der Waals surface area contributed by atoms with Crippen molar-refractivity contribution in [2.45, 2.75) is 25.8 Å². The molecule has 1 N–H and O–H groups in total. The van der Waals surface area contributed by atoms with Crippen LogP contribution in [0.4, 0.5) is 4.39 Å². The normalized spacial score (nSPS) is 13.5. The first-order chi connectivity index (χ1) is 10.6. The van der Waals surface area contributed by atoms with Gasteiger partial charge in [-0.05, 0) is 43.5 Å². The molecule has 0 radical (unpaired) electrons. The summed E-state index contributed by atoms with van der Waals surface area (Å²) in [6.45, 7) is 1.69. The summed E-state index contributed by atoms with van der Waals surface area (Å²) in [4.78, 5) is 16.4. The van der Waals surface area contributed by atoms with Gasteiger partial charge in [0.15, 0.2) is 0 Å². The van der Waals surface area contributed by atoms with Crippen molar-refractivity contribution in [1.82, 2.24) is 10.3 Å². The molecule has 0 unspecified atom stereocenters. The lowest BCUT2D eigenvalue weighted by molar-refractivity contribution is 0.0946. The van der Waals surface area contributed by atoms with E-state index in [1.54, 1.807) is 25.1 Å². The van der Waals surface area contributed by atoms with E-state index in [0.717, 1.165) is 12.8 Å². The highest BCUT2D eigenvalue weighted by Crippen LogP contribution is 2.27. The Kier molecular flexibility index (Phi) is 3.60. The molecule has 5 heteroatoms. The first kappa shape index (κ1) is 14.2. The molecule has 1 fully saturated rings. The number of benzene rings is 1. The summed E-state index contributed by atoms with van der Waals surface area (Å²) >= 11 is 0. The van der Waals surface area contributed by atoms with Gasteiger partial charge in [0, 0.05) is 11.6 Å². The molecule has 0 atom stereocenters. The van der Waals surface area contributed by atoms with Crippen LogP contribution >= 0.6 is 0 Å². The summed E-state index contributed by atoms with van der Waals surface area (Å²) in [6, 6.07) is 9.78. The van der Waals surface area contributed by atoms with Crippen molar-refractivity contribution in [2.24, 2.45) is 0 Å². The topological polar surface area (TPSA) is 65.8 Å². The van der Waals surface area contributed by atoms with E-state index in [1.807, 2.05) is 0 Å². The van der Waals surface area contributed by atoms with Crippen LogP contribution < -0.4 is 5.32 Å². The number of amides is 1. The van der Waals surface area contributed by atoms with E-state index in [2.05, 4.69) is 16.4 Å². The predicted molar refractivity (Wildman–Crippen MR) is 79.6 cm³/mol. The third-order valence-corrected chi connectivity index (χ3v) is 3.61. The summed E-state index contributed by atoms with van der Waals surface area (Å²) in [7, 11) is 0. The molecule has 3 rings (SSSR count). The predicted octanol–water partition coefficient (Wildman–Crippen LogP) is 2.96. The fourth-order valence-corrected chi connectivity index (χ4v) is 2.27. The number of pyridine rings is 1. The molecule has 1 heterocycles.